The van der Waals surface area contributed by atoms with Crippen molar-refractivity contribution < 1.29 is 9.84 Å². The van der Waals surface area contributed by atoms with Crippen LogP contribution in [-0.2, 0) is 4.74 Å². The molecule has 0 aromatic heterocycles. The summed E-state index contributed by atoms with van der Waals surface area (Å²) in [5, 5.41) is 11.6. The maximum atomic E-state index is 11.6. The molecule has 3 fully saturated rings. The standard InChI is InChI=1S/C29H48O2/c1-18(2)19(3)8-9-20(4)24-12-13-25-23-11-10-21-16-22(31-7)14-15-28(21,5)27(23)26(30)17-29(24,25)6/h8-9,11,18-22,24-27,30H,10,12-17H2,1-7H3/b9-8+/t19-,20+,21-,22+,24-,25-,26+,27+,28-,29+/m0/s1. The van der Waals surface area contributed by atoms with Crippen molar-refractivity contribution in [3.05, 3.63) is 23.8 Å². The molecule has 0 unspecified atom stereocenters. The van der Waals surface area contributed by atoms with Gasteiger partial charge in [-0.3, -0.25) is 0 Å². The van der Waals surface area contributed by atoms with Gasteiger partial charge < -0.3 is 9.84 Å². The summed E-state index contributed by atoms with van der Waals surface area (Å²) in [6.45, 7) is 14.4. The minimum absolute atomic E-state index is 0.189. The molecule has 4 rings (SSSR count). The number of methoxy groups -OCH3 is 1. The Hall–Kier alpha value is -0.600. The van der Waals surface area contributed by atoms with Crippen LogP contribution in [0.2, 0.25) is 0 Å². The zero-order valence-electron chi connectivity index (χ0n) is 21.2. The summed E-state index contributed by atoms with van der Waals surface area (Å²) < 4.78 is 5.74. The molecule has 0 aromatic rings. The lowest BCUT2D eigenvalue weighted by molar-refractivity contribution is -0.103. The first-order valence-electron chi connectivity index (χ1n) is 13.2. The quantitative estimate of drug-likeness (QED) is 0.476. The topological polar surface area (TPSA) is 29.5 Å². The van der Waals surface area contributed by atoms with Crippen LogP contribution in [0, 0.1) is 52.3 Å². The van der Waals surface area contributed by atoms with Crippen LogP contribution in [0.3, 0.4) is 0 Å². The third-order valence-electron chi connectivity index (χ3n) is 10.8. The Balaban J connectivity index is 1.58. The van der Waals surface area contributed by atoms with Gasteiger partial charge in [-0.1, -0.05) is 65.3 Å². The van der Waals surface area contributed by atoms with E-state index in [2.05, 4.69) is 59.8 Å². The SMILES string of the molecule is CO[C@@H]1CC[C@@]2(C)[C@@H](CC=C3[C@@H]2[C@H](O)C[C@@]2(C)[C@H]3CC[C@H]2[C@H](C)/C=C/[C@H](C)C(C)C)C1. The molecule has 0 amide bonds. The summed E-state index contributed by atoms with van der Waals surface area (Å²) in [7, 11) is 1.87. The molecular weight excluding hydrogens is 380 g/mol. The van der Waals surface area contributed by atoms with Crippen molar-refractivity contribution in [1.82, 2.24) is 0 Å². The first kappa shape index (κ1) is 23.6. The molecule has 0 aromatic carbocycles. The first-order valence-corrected chi connectivity index (χ1v) is 13.2. The lowest BCUT2D eigenvalue weighted by atomic mass is 9.47. The first-order chi connectivity index (χ1) is 14.6. The summed E-state index contributed by atoms with van der Waals surface area (Å²) in [5.74, 6) is 4.30. The van der Waals surface area contributed by atoms with Crippen LogP contribution >= 0.6 is 0 Å². The van der Waals surface area contributed by atoms with Crippen LogP contribution < -0.4 is 0 Å². The van der Waals surface area contributed by atoms with E-state index in [1.54, 1.807) is 5.57 Å². The highest BCUT2D eigenvalue weighted by atomic mass is 16.5. The summed E-state index contributed by atoms with van der Waals surface area (Å²) in [5.41, 5.74) is 2.13. The minimum Gasteiger partial charge on any atom is -0.392 e. The molecule has 4 aliphatic carbocycles. The van der Waals surface area contributed by atoms with Gasteiger partial charge in [0.1, 0.15) is 0 Å². The average molecular weight is 429 g/mol. The highest BCUT2D eigenvalue weighted by molar-refractivity contribution is 5.30. The van der Waals surface area contributed by atoms with E-state index in [1.807, 2.05) is 7.11 Å². The van der Waals surface area contributed by atoms with Crippen LogP contribution in [0.4, 0.5) is 0 Å². The van der Waals surface area contributed by atoms with Gasteiger partial charge in [-0.25, -0.2) is 0 Å². The smallest absolute Gasteiger partial charge is 0.0616 e. The van der Waals surface area contributed by atoms with Crippen LogP contribution in [0.25, 0.3) is 0 Å². The molecule has 2 heteroatoms. The van der Waals surface area contributed by atoms with E-state index >= 15 is 0 Å². The van der Waals surface area contributed by atoms with Crippen molar-refractivity contribution in [1.29, 1.82) is 0 Å². The van der Waals surface area contributed by atoms with E-state index in [0.717, 1.165) is 12.8 Å². The van der Waals surface area contributed by atoms with Crippen molar-refractivity contribution in [2.75, 3.05) is 7.11 Å². The second-order valence-electron chi connectivity index (χ2n) is 12.6. The average Bonchev–Trinajstić information content (AvgIpc) is 3.07. The summed E-state index contributed by atoms with van der Waals surface area (Å²) in [4.78, 5) is 0. The van der Waals surface area contributed by atoms with Gasteiger partial charge in [0.05, 0.1) is 12.2 Å². The van der Waals surface area contributed by atoms with E-state index in [4.69, 9.17) is 4.74 Å². The zero-order valence-corrected chi connectivity index (χ0v) is 21.2. The number of ether oxygens (including phenoxy) is 1. The monoisotopic (exact) mass is 428 g/mol. The Kier molecular flexibility index (Phi) is 6.56. The van der Waals surface area contributed by atoms with Gasteiger partial charge in [-0.15, -0.1) is 0 Å². The predicted octanol–water partition coefficient (Wildman–Crippen LogP) is 7.04. The molecule has 0 bridgehead atoms. The Bertz CT molecular complexity index is 708. The molecule has 176 valence electrons. The second kappa shape index (κ2) is 8.64. The number of allylic oxidation sites excluding steroid dienone is 3. The largest absolute Gasteiger partial charge is 0.392 e. The van der Waals surface area contributed by atoms with E-state index in [1.165, 1.54) is 32.1 Å². The van der Waals surface area contributed by atoms with Crippen LogP contribution in [-0.4, -0.2) is 24.4 Å². The fraction of sp³-hybridized carbons (Fsp3) is 0.862. The van der Waals surface area contributed by atoms with Crippen molar-refractivity contribution in [2.45, 2.75) is 98.7 Å². The molecule has 0 saturated heterocycles. The van der Waals surface area contributed by atoms with E-state index < -0.39 is 0 Å². The molecule has 0 aliphatic heterocycles. The summed E-state index contributed by atoms with van der Waals surface area (Å²) >= 11 is 0. The Morgan fingerprint density at radius 1 is 1.06 bits per heavy atom. The van der Waals surface area contributed by atoms with Gasteiger partial charge in [-0.2, -0.15) is 0 Å². The number of aliphatic hydroxyl groups is 1. The maximum Gasteiger partial charge on any atom is 0.0616 e. The second-order valence-corrected chi connectivity index (χ2v) is 12.6. The number of hydrogen-bond acceptors (Lipinski definition) is 2. The van der Waals surface area contributed by atoms with Gasteiger partial charge in [0.2, 0.25) is 0 Å². The molecule has 0 spiro atoms. The van der Waals surface area contributed by atoms with E-state index in [0.29, 0.717) is 47.5 Å². The van der Waals surface area contributed by atoms with Crippen molar-refractivity contribution >= 4 is 0 Å². The third kappa shape index (κ3) is 3.88. The van der Waals surface area contributed by atoms with Crippen LogP contribution in [0.15, 0.2) is 23.8 Å². The van der Waals surface area contributed by atoms with Crippen molar-refractivity contribution in [3.63, 3.8) is 0 Å². The number of fused-ring (bicyclic) bond motifs is 5. The summed E-state index contributed by atoms with van der Waals surface area (Å²) in [6, 6.07) is 0. The van der Waals surface area contributed by atoms with Crippen LogP contribution in [0.1, 0.15) is 86.5 Å². The van der Waals surface area contributed by atoms with E-state index in [-0.39, 0.29) is 16.9 Å². The molecule has 1 N–H and O–H groups in total. The lowest BCUT2D eigenvalue weighted by Crippen LogP contribution is -2.55. The third-order valence-corrected chi connectivity index (χ3v) is 10.8. The van der Waals surface area contributed by atoms with Gasteiger partial charge in [0.15, 0.2) is 0 Å². The predicted molar refractivity (Wildman–Crippen MR) is 130 cm³/mol. The molecule has 4 aliphatic rings. The van der Waals surface area contributed by atoms with Gasteiger partial charge in [0, 0.05) is 13.0 Å². The Morgan fingerprint density at radius 2 is 1.81 bits per heavy atom. The highest BCUT2D eigenvalue weighted by Crippen LogP contribution is 2.66. The molecule has 2 nitrogen and oxygen atoms in total. The van der Waals surface area contributed by atoms with Gasteiger partial charge in [0.25, 0.3) is 0 Å². The van der Waals surface area contributed by atoms with E-state index in [9.17, 15) is 5.11 Å². The molecule has 0 heterocycles. The van der Waals surface area contributed by atoms with Gasteiger partial charge in [-0.05, 0) is 91.3 Å². The summed E-state index contributed by atoms with van der Waals surface area (Å²) in [6.07, 6.45) is 16.1. The fourth-order valence-corrected chi connectivity index (χ4v) is 8.42. The maximum absolute atomic E-state index is 11.6. The molecule has 10 atom stereocenters. The van der Waals surface area contributed by atoms with Crippen LogP contribution in [0.5, 0.6) is 0 Å². The lowest BCUT2D eigenvalue weighted by Gasteiger charge is -2.59. The fourth-order valence-electron chi connectivity index (χ4n) is 8.42. The zero-order chi connectivity index (χ0) is 22.6. The number of aliphatic hydroxyl groups excluding tert-OH is 1. The van der Waals surface area contributed by atoms with Crippen molar-refractivity contribution in [3.8, 4) is 0 Å². The number of rotatable bonds is 5. The Morgan fingerprint density at radius 3 is 2.48 bits per heavy atom. The number of hydrogen-bond donors (Lipinski definition) is 1. The molecular formula is C29H48O2. The molecule has 0 radical (unpaired) electrons. The molecule has 3 saturated carbocycles. The minimum atomic E-state index is -0.189. The molecule has 31 heavy (non-hydrogen) atoms. The van der Waals surface area contributed by atoms with Gasteiger partial charge >= 0.3 is 0 Å². The van der Waals surface area contributed by atoms with Crippen molar-refractivity contribution in [2.24, 2.45) is 52.3 Å². The highest BCUT2D eigenvalue weighted by Gasteiger charge is 2.61. The Labute approximate surface area is 191 Å². The normalized spacial score (nSPS) is 46.9.